The van der Waals surface area contributed by atoms with Crippen molar-refractivity contribution in [1.82, 2.24) is 0 Å². The highest BCUT2D eigenvalue weighted by Gasteiger charge is 2.35. The molecule has 1 amide bonds. The number of hydrogen-bond acceptors (Lipinski definition) is 4. The second kappa shape index (κ2) is 4.29. The lowest BCUT2D eigenvalue weighted by atomic mass is 9.91. The molecule has 2 aliphatic rings. The van der Waals surface area contributed by atoms with E-state index in [0.29, 0.717) is 5.71 Å². The van der Waals surface area contributed by atoms with Crippen LogP contribution in [0.2, 0.25) is 0 Å². The standard InChI is InChI=1S/C11H8BrNO4/c1-17-11(16)8-9(14)6-4-5(12)2-3-7(6)13-10(8)15/h2-4,6,14H,1H3. The van der Waals surface area contributed by atoms with Crippen molar-refractivity contribution < 1.29 is 19.4 Å². The molecular formula is C11H8BrNO4. The monoisotopic (exact) mass is 297 g/mol. The molecule has 0 saturated heterocycles. The lowest BCUT2D eigenvalue weighted by Crippen LogP contribution is -2.28. The molecule has 1 N–H and O–H groups in total. The fourth-order valence-corrected chi connectivity index (χ4v) is 2.02. The number of hydrogen-bond donors (Lipinski definition) is 1. The van der Waals surface area contributed by atoms with Gasteiger partial charge in [0.2, 0.25) is 0 Å². The Morgan fingerprint density at radius 2 is 2.24 bits per heavy atom. The number of carbonyl (C=O) groups excluding carboxylic acids is 2. The Kier molecular flexibility index (Phi) is 2.97. The van der Waals surface area contributed by atoms with Gasteiger partial charge in [-0.15, -0.1) is 0 Å². The summed E-state index contributed by atoms with van der Waals surface area (Å²) in [7, 11) is 1.14. The van der Waals surface area contributed by atoms with Crippen LogP contribution in [0.3, 0.4) is 0 Å². The van der Waals surface area contributed by atoms with E-state index in [1.54, 1.807) is 18.2 Å². The summed E-state index contributed by atoms with van der Waals surface area (Å²) in [5.74, 6) is -2.57. The molecule has 0 saturated carbocycles. The highest BCUT2D eigenvalue weighted by atomic mass is 79.9. The number of esters is 1. The van der Waals surface area contributed by atoms with Crippen LogP contribution in [-0.2, 0) is 14.3 Å². The van der Waals surface area contributed by atoms with Crippen LogP contribution in [-0.4, -0.2) is 29.8 Å². The van der Waals surface area contributed by atoms with Gasteiger partial charge in [0.1, 0.15) is 5.76 Å². The predicted octanol–water partition coefficient (Wildman–Crippen LogP) is 1.42. The van der Waals surface area contributed by atoms with Gasteiger partial charge in [-0.05, 0) is 12.2 Å². The summed E-state index contributed by atoms with van der Waals surface area (Å²) in [5.41, 5.74) is -0.00328. The molecule has 0 aromatic carbocycles. The maximum Gasteiger partial charge on any atom is 0.347 e. The third-order valence-corrected chi connectivity index (χ3v) is 2.97. The number of aliphatic imine (C=N–C) groups is 1. The zero-order valence-electron chi connectivity index (χ0n) is 8.81. The fourth-order valence-electron chi connectivity index (χ4n) is 1.63. The van der Waals surface area contributed by atoms with E-state index in [1.807, 2.05) is 0 Å². The SMILES string of the molecule is COC(=O)C1=C(O)C2C=C(Br)C=CC2=NC1=O. The number of rotatable bonds is 1. The van der Waals surface area contributed by atoms with Crippen molar-refractivity contribution in [3.05, 3.63) is 34.0 Å². The minimum atomic E-state index is -0.880. The number of dihydropyridines is 1. The molecule has 0 aromatic rings. The van der Waals surface area contributed by atoms with Crippen LogP contribution in [0.25, 0.3) is 0 Å². The summed E-state index contributed by atoms with van der Waals surface area (Å²) in [4.78, 5) is 26.7. The lowest BCUT2D eigenvalue weighted by molar-refractivity contribution is -0.138. The Labute approximate surface area is 105 Å². The van der Waals surface area contributed by atoms with Gasteiger partial charge in [0.25, 0.3) is 5.91 Å². The Morgan fingerprint density at radius 1 is 1.53 bits per heavy atom. The molecule has 17 heavy (non-hydrogen) atoms. The quantitative estimate of drug-likeness (QED) is 0.586. The Morgan fingerprint density at radius 3 is 2.88 bits per heavy atom. The first kappa shape index (κ1) is 11.8. The predicted molar refractivity (Wildman–Crippen MR) is 63.8 cm³/mol. The van der Waals surface area contributed by atoms with Crippen LogP contribution in [0.15, 0.2) is 39.0 Å². The molecule has 0 spiro atoms. The van der Waals surface area contributed by atoms with Crippen LogP contribution in [0, 0.1) is 5.92 Å². The van der Waals surface area contributed by atoms with Crippen molar-refractivity contribution in [1.29, 1.82) is 0 Å². The number of halogens is 1. The molecule has 1 aliphatic carbocycles. The van der Waals surface area contributed by atoms with E-state index in [9.17, 15) is 14.7 Å². The third-order valence-electron chi connectivity index (χ3n) is 2.44. The van der Waals surface area contributed by atoms with E-state index in [2.05, 4.69) is 25.7 Å². The van der Waals surface area contributed by atoms with Crippen molar-refractivity contribution in [3.63, 3.8) is 0 Å². The van der Waals surface area contributed by atoms with Gasteiger partial charge in [-0.3, -0.25) is 4.79 Å². The zero-order valence-corrected chi connectivity index (χ0v) is 10.4. The van der Waals surface area contributed by atoms with E-state index in [0.717, 1.165) is 11.6 Å². The summed E-state index contributed by atoms with van der Waals surface area (Å²) in [6, 6.07) is 0. The summed E-state index contributed by atoms with van der Waals surface area (Å²) >= 11 is 3.25. The van der Waals surface area contributed by atoms with Gasteiger partial charge in [-0.25, -0.2) is 9.79 Å². The summed E-state index contributed by atoms with van der Waals surface area (Å²) in [6.45, 7) is 0. The van der Waals surface area contributed by atoms with Crippen LogP contribution in [0.5, 0.6) is 0 Å². The molecule has 6 heteroatoms. The number of aliphatic hydroxyl groups is 1. The van der Waals surface area contributed by atoms with Crippen molar-refractivity contribution in [2.45, 2.75) is 0 Å². The molecule has 1 atom stereocenters. The highest BCUT2D eigenvalue weighted by molar-refractivity contribution is 9.11. The number of ether oxygens (including phenoxy) is 1. The number of aliphatic hydroxyl groups excluding tert-OH is 1. The van der Waals surface area contributed by atoms with Crippen LogP contribution in [0.4, 0.5) is 0 Å². The molecule has 0 radical (unpaired) electrons. The molecule has 88 valence electrons. The smallest absolute Gasteiger partial charge is 0.347 e. The van der Waals surface area contributed by atoms with Gasteiger partial charge < -0.3 is 9.84 Å². The van der Waals surface area contributed by atoms with Crippen LogP contribution >= 0.6 is 15.9 Å². The first-order chi connectivity index (χ1) is 8.04. The van der Waals surface area contributed by atoms with Gasteiger partial charge in [0, 0.05) is 4.48 Å². The van der Waals surface area contributed by atoms with Crippen LogP contribution in [0.1, 0.15) is 0 Å². The molecule has 5 nitrogen and oxygen atoms in total. The molecule has 1 unspecified atom stereocenters. The maximum absolute atomic E-state index is 11.6. The van der Waals surface area contributed by atoms with E-state index in [4.69, 9.17) is 0 Å². The van der Waals surface area contributed by atoms with Crippen molar-refractivity contribution in [3.8, 4) is 0 Å². The zero-order chi connectivity index (χ0) is 12.6. The Hall–Kier alpha value is -1.69. The molecule has 2 rings (SSSR count). The summed E-state index contributed by atoms with van der Waals surface area (Å²) in [6.07, 6.45) is 4.97. The second-order valence-electron chi connectivity index (χ2n) is 3.46. The molecule has 0 bridgehead atoms. The number of fused-ring (bicyclic) bond motifs is 1. The van der Waals surface area contributed by atoms with E-state index in [-0.39, 0.29) is 5.76 Å². The minimum absolute atomic E-state index is 0.326. The number of methoxy groups -OCH3 is 1. The highest BCUT2D eigenvalue weighted by Crippen LogP contribution is 2.29. The summed E-state index contributed by atoms with van der Waals surface area (Å²) < 4.78 is 5.18. The minimum Gasteiger partial charge on any atom is -0.510 e. The molecule has 0 fully saturated rings. The van der Waals surface area contributed by atoms with E-state index < -0.39 is 23.4 Å². The average molecular weight is 298 g/mol. The third kappa shape index (κ3) is 1.95. The molecular weight excluding hydrogens is 290 g/mol. The normalized spacial score (nSPS) is 22.9. The topological polar surface area (TPSA) is 76.0 Å². The van der Waals surface area contributed by atoms with Crippen molar-refractivity contribution in [2.24, 2.45) is 10.9 Å². The summed E-state index contributed by atoms with van der Waals surface area (Å²) in [5, 5.41) is 9.93. The number of allylic oxidation sites excluding steroid dienone is 4. The Balaban J connectivity index is 2.50. The second-order valence-corrected chi connectivity index (χ2v) is 4.37. The average Bonchev–Trinajstić information content (AvgIpc) is 2.30. The number of nitrogens with zero attached hydrogens (tertiary/aromatic N) is 1. The largest absolute Gasteiger partial charge is 0.510 e. The van der Waals surface area contributed by atoms with Crippen molar-refractivity contribution in [2.75, 3.05) is 7.11 Å². The lowest BCUT2D eigenvalue weighted by Gasteiger charge is -2.21. The maximum atomic E-state index is 11.6. The Bertz CT molecular complexity index is 528. The van der Waals surface area contributed by atoms with Crippen LogP contribution < -0.4 is 0 Å². The van der Waals surface area contributed by atoms with Gasteiger partial charge in [-0.2, -0.15) is 0 Å². The van der Waals surface area contributed by atoms with Gasteiger partial charge >= 0.3 is 5.97 Å². The van der Waals surface area contributed by atoms with Gasteiger partial charge in [0.05, 0.1) is 18.7 Å². The first-order valence-electron chi connectivity index (χ1n) is 4.74. The van der Waals surface area contributed by atoms with E-state index >= 15 is 0 Å². The molecule has 0 aromatic heterocycles. The first-order valence-corrected chi connectivity index (χ1v) is 5.53. The van der Waals surface area contributed by atoms with Gasteiger partial charge in [-0.1, -0.05) is 22.0 Å². The van der Waals surface area contributed by atoms with Gasteiger partial charge in [0.15, 0.2) is 5.57 Å². The molecule has 1 heterocycles. The molecule has 1 aliphatic heterocycles. The van der Waals surface area contributed by atoms with E-state index in [1.165, 1.54) is 0 Å². The number of carbonyl (C=O) groups is 2. The fraction of sp³-hybridized carbons (Fsp3) is 0.182. The van der Waals surface area contributed by atoms with Crippen molar-refractivity contribution >= 4 is 33.5 Å². The number of amides is 1.